The number of aromatic nitrogens is 1. The molecule has 3 N–H and O–H groups in total. The first kappa shape index (κ1) is 21.7. The molecule has 0 unspecified atom stereocenters. The molecule has 164 valence electrons. The fraction of sp³-hybridized carbons (Fsp3) is 0.462. The molecule has 2 aromatic rings. The Morgan fingerprint density at radius 2 is 1.84 bits per heavy atom. The third-order valence-corrected chi connectivity index (χ3v) is 6.64. The Kier molecular flexibility index (Phi) is 7.15. The SMILES string of the molecule is CCC(=Cc1ccccc1)[C@@H]1C[C@H]1N[C@H]1CC[C@H](NCc2ccc(C(=O)O)nc2)CC1. The van der Waals surface area contributed by atoms with Crippen LogP contribution in [0.2, 0.25) is 0 Å². The third-order valence-electron chi connectivity index (χ3n) is 6.64. The van der Waals surface area contributed by atoms with Gasteiger partial charge in [-0.25, -0.2) is 9.78 Å². The minimum absolute atomic E-state index is 0.0959. The summed E-state index contributed by atoms with van der Waals surface area (Å²) < 4.78 is 0. The van der Waals surface area contributed by atoms with E-state index in [9.17, 15) is 4.79 Å². The van der Waals surface area contributed by atoms with Crippen LogP contribution in [-0.4, -0.2) is 34.2 Å². The summed E-state index contributed by atoms with van der Waals surface area (Å²) in [6, 6.07) is 15.9. The smallest absolute Gasteiger partial charge is 0.354 e. The number of nitrogens with one attached hydrogen (secondary N) is 2. The summed E-state index contributed by atoms with van der Waals surface area (Å²) >= 11 is 0. The van der Waals surface area contributed by atoms with Gasteiger partial charge < -0.3 is 15.7 Å². The van der Waals surface area contributed by atoms with Crippen molar-refractivity contribution in [2.75, 3.05) is 0 Å². The largest absolute Gasteiger partial charge is 0.477 e. The molecule has 0 saturated heterocycles. The van der Waals surface area contributed by atoms with Gasteiger partial charge in [-0.2, -0.15) is 0 Å². The molecule has 0 bridgehead atoms. The van der Waals surface area contributed by atoms with E-state index in [0.29, 0.717) is 24.0 Å². The molecule has 5 heteroatoms. The summed E-state index contributed by atoms with van der Waals surface area (Å²) in [5, 5.41) is 16.5. The zero-order valence-corrected chi connectivity index (χ0v) is 18.3. The summed E-state index contributed by atoms with van der Waals surface area (Å²) in [4.78, 5) is 14.9. The number of benzene rings is 1. The van der Waals surface area contributed by atoms with Gasteiger partial charge in [-0.3, -0.25) is 0 Å². The van der Waals surface area contributed by atoms with E-state index in [1.165, 1.54) is 37.7 Å². The lowest BCUT2D eigenvalue weighted by molar-refractivity contribution is 0.0690. The Bertz CT molecular complexity index is 887. The summed E-state index contributed by atoms with van der Waals surface area (Å²) in [7, 11) is 0. The lowest BCUT2D eigenvalue weighted by atomic mass is 9.91. The van der Waals surface area contributed by atoms with Crippen LogP contribution in [0.3, 0.4) is 0 Å². The number of pyridine rings is 1. The molecule has 0 spiro atoms. The summed E-state index contributed by atoms with van der Waals surface area (Å²) in [5.41, 5.74) is 4.01. The molecule has 4 rings (SSSR count). The Hall–Kier alpha value is -2.50. The van der Waals surface area contributed by atoms with E-state index in [2.05, 4.69) is 58.9 Å². The predicted octanol–water partition coefficient (Wildman–Crippen LogP) is 4.65. The second kappa shape index (κ2) is 10.2. The monoisotopic (exact) mass is 419 g/mol. The molecular formula is C26H33N3O2. The molecular weight excluding hydrogens is 386 g/mol. The van der Waals surface area contributed by atoms with Gasteiger partial charge in [0.15, 0.2) is 0 Å². The molecule has 0 aliphatic heterocycles. The molecule has 2 aliphatic carbocycles. The standard InChI is InChI=1S/C26H33N3O2/c1-2-20(14-18-6-4-3-5-7-18)23-15-25(23)29-22-11-9-21(10-12-22)27-16-19-8-13-24(26(30)31)28-17-19/h3-8,13-14,17,21-23,25,27,29H,2,9-12,15-16H2,1H3,(H,30,31)/t21-,22-,23-,25+/m0/s1. The van der Waals surface area contributed by atoms with Crippen LogP contribution in [0.1, 0.15) is 67.1 Å². The molecule has 0 radical (unpaired) electrons. The average Bonchev–Trinajstić information content (AvgIpc) is 3.56. The van der Waals surface area contributed by atoms with E-state index in [4.69, 9.17) is 5.11 Å². The number of carbonyl (C=O) groups is 1. The maximum atomic E-state index is 10.9. The van der Waals surface area contributed by atoms with Crippen LogP contribution in [-0.2, 0) is 6.54 Å². The summed E-state index contributed by atoms with van der Waals surface area (Å²) in [6.07, 6.45) is 11.2. The molecule has 2 fully saturated rings. The van der Waals surface area contributed by atoms with E-state index in [1.807, 2.05) is 6.07 Å². The maximum Gasteiger partial charge on any atom is 0.354 e. The van der Waals surface area contributed by atoms with Gasteiger partial charge in [-0.05, 0) is 61.6 Å². The highest BCUT2D eigenvalue weighted by atomic mass is 16.4. The number of rotatable bonds is 9. The highest BCUT2D eigenvalue weighted by Crippen LogP contribution is 2.40. The molecule has 1 heterocycles. The van der Waals surface area contributed by atoms with Crippen LogP contribution in [0.15, 0.2) is 54.2 Å². The lowest BCUT2D eigenvalue weighted by Crippen LogP contribution is -2.40. The quantitative estimate of drug-likeness (QED) is 0.552. The third kappa shape index (κ3) is 6.02. The van der Waals surface area contributed by atoms with Gasteiger partial charge in [-0.15, -0.1) is 0 Å². The Labute approximate surface area is 185 Å². The van der Waals surface area contributed by atoms with Crippen LogP contribution in [0.4, 0.5) is 0 Å². The van der Waals surface area contributed by atoms with E-state index < -0.39 is 5.97 Å². The lowest BCUT2D eigenvalue weighted by Gasteiger charge is -2.30. The van der Waals surface area contributed by atoms with Crippen molar-refractivity contribution in [3.8, 4) is 0 Å². The van der Waals surface area contributed by atoms with Crippen LogP contribution in [0.25, 0.3) is 6.08 Å². The van der Waals surface area contributed by atoms with Crippen LogP contribution in [0, 0.1) is 5.92 Å². The van der Waals surface area contributed by atoms with Gasteiger partial charge in [-0.1, -0.05) is 55.0 Å². The second-order valence-corrected chi connectivity index (χ2v) is 8.89. The molecule has 2 saturated carbocycles. The predicted molar refractivity (Wildman–Crippen MR) is 124 cm³/mol. The molecule has 1 aromatic carbocycles. The number of carboxylic acid groups (broad SMARTS) is 1. The van der Waals surface area contributed by atoms with E-state index in [1.54, 1.807) is 17.8 Å². The fourth-order valence-electron chi connectivity index (χ4n) is 4.71. The van der Waals surface area contributed by atoms with E-state index in [0.717, 1.165) is 18.5 Å². The number of nitrogens with zero attached hydrogens (tertiary/aromatic N) is 1. The first-order valence-electron chi connectivity index (χ1n) is 11.6. The highest BCUT2D eigenvalue weighted by molar-refractivity contribution is 5.85. The minimum Gasteiger partial charge on any atom is -0.477 e. The van der Waals surface area contributed by atoms with Crippen molar-refractivity contribution >= 4 is 12.0 Å². The Balaban J connectivity index is 1.18. The minimum atomic E-state index is -0.982. The molecule has 1 aromatic heterocycles. The highest BCUT2D eigenvalue weighted by Gasteiger charge is 2.40. The van der Waals surface area contributed by atoms with Crippen molar-refractivity contribution in [2.45, 2.75) is 70.1 Å². The fourth-order valence-corrected chi connectivity index (χ4v) is 4.71. The van der Waals surface area contributed by atoms with Crippen molar-refractivity contribution in [2.24, 2.45) is 5.92 Å². The van der Waals surface area contributed by atoms with Gasteiger partial charge in [0.05, 0.1) is 0 Å². The number of aromatic carboxylic acids is 1. The van der Waals surface area contributed by atoms with Crippen LogP contribution >= 0.6 is 0 Å². The average molecular weight is 420 g/mol. The molecule has 2 atom stereocenters. The molecule has 31 heavy (non-hydrogen) atoms. The van der Waals surface area contributed by atoms with Crippen molar-refractivity contribution in [3.63, 3.8) is 0 Å². The van der Waals surface area contributed by atoms with Crippen molar-refractivity contribution in [1.82, 2.24) is 15.6 Å². The zero-order chi connectivity index (χ0) is 21.6. The van der Waals surface area contributed by atoms with Gasteiger partial charge >= 0.3 is 5.97 Å². The normalized spacial score (nSPS) is 25.9. The van der Waals surface area contributed by atoms with Crippen molar-refractivity contribution in [1.29, 1.82) is 0 Å². The molecule has 2 aliphatic rings. The zero-order valence-electron chi connectivity index (χ0n) is 18.3. The van der Waals surface area contributed by atoms with Gasteiger partial charge in [0.2, 0.25) is 0 Å². The topological polar surface area (TPSA) is 74.2 Å². The van der Waals surface area contributed by atoms with Crippen molar-refractivity contribution < 1.29 is 9.90 Å². The van der Waals surface area contributed by atoms with E-state index >= 15 is 0 Å². The number of hydrogen-bond donors (Lipinski definition) is 3. The van der Waals surface area contributed by atoms with Gasteiger partial charge in [0, 0.05) is 30.9 Å². The maximum absolute atomic E-state index is 10.9. The Morgan fingerprint density at radius 1 is 1.10 bits per heavy atom. The second-order valence-electron chi connectivity index (χ2n) is 8.89. The summed E-state index contributed by atoms with van der Waals surface area (Å²) in [6.45, 7) is 3.01. The molecule has 0 amide bonds. The van der Waals surface area contributed by atoms with Gasteiger partial charge in [0.25, 0.3) is 0 Å². The number of hydrogen-bond acceptors (Lipinski definition) is 4. The summed E-state index contributed by atoms with van der Waals surface area (Å²) in [5.74, 6) is -0.285. The molecule has 5 nitrogen and oxygen atoms in total. The van der Waals surface area contributed by atoms with Crippen molar-refractivity contribution in [3.05, 3.63) is 71.1 Å². The van der Waals surface area contributed by atoms with E-state index in [-0.39, 0.29) is 5.69 Å². The van der Waals surface area contributed by atoms with Crippen LogP contribution in [0.5, 0.6) is 0 Å². The Morgan fingerprint density at radius 3 is 2.48 bits per heavy atom. The first-order chi connectivity index (χ1) is 15.1. The van der Waals surface area contributed by atoms with Crippen LogP contribution < -0.4 is 10.6 Å². The number of carboxylic acids is 1. The van der Waals surface area contributed by atoms with Gasteiger partial charge in [0.1, 0.15) is 5.69 Å². The first-order valence-corrected chi connectivity index (χ1v) is 11.6.